The standard InChI is InChI=1S/C13H18BrNO4S/c1-9-6-7-12(11(14)8-9)20(18,19)15-10(2)4-3-5-13(16)17/h6-8,10,15H,3-5H2,1-2H3,(H,16,17). The van der Waals surface area contributed by atoms with Gasteiger partial charge in [-0.3, -0.25) is 4.79 Å². The van der Waals surface area contributed by atoms with Crippen LogP contribution in [0.4, 0.5) is 0 Å². The van der Waals surface area contributed by atoms with E-state index in [9.17, 15) is 13.2 Å². The first kappa shape index (κ1) is 17.1. The lowest BCUT2D eigenvalue weighted by molar-refractivity contribution is -0.137. The van der Waals surface area contributed by atoms with Gasteiger partial charge in [-0.15, -0.1) is 0 Å². The molecule has 0 heterocycles. The molecule has 1 aromatic carbocycles. The highest BCUT2D eigenvalue weighted by atomic mass is 79.9. The Bertz CT molecular complexity index is 586. The van der Waals surface area contributed by atoms with Crippen LogP contribution in [0.25, 0.3) is 0 Å². The molecule has 1 atom stereocenters. The van der Waals surface area contributed by atoms with Crippen molar-refractivity contribution in [3.63, 3.8) is 0 Å². The maximum Gasteiger partial charge on any atom is 0.303 e. The van der Waals surface area contributed by atoms with Gasteiger partial charge in [0.05, 0.1) is 4.90 Å². The molecule has 0 radical (unpaired) electrons. The average molecular weight is 364 g/mol. The molecule has 0 saturated carbocycles. The van der Waals surface area contributed by atoms with E-state index < -0.39 is 16.0 Å². The van der Waals surface area contributed by atoms with Gasteiger partial charge in [-0.1, -0.05) is 6.07 Å². The third-order valence-corrected chi connectivity index (χ3v) is 5.33. The summed E-state index contributed by atoms with van der Waals surface area (Å²) in [7, 11) is -3.60. The summed E-state index contributed by atoms with van der Waals surface area (Å²) in [6, 6.07) is 4.71. The highest BCUT2D eigenvalue weighted by Crippen LogP contribution is 2.23. The number of rotatable bonds is 7. The molecule has 0 fully saturated rings. The van der Waals surface area contributed by atoms with E-state index in [0.29, 0.717) is 17.3 Å². The van der Waals surface area contributed by atoms with Crippen LogP contribution in [0.5, 0.6) is 0 Å². The number of hydrogen-bond acceptors (Lipinski definition) is 3. The van der Waals surface area contributed by atoms with Crippen LogP contribution in [0.1, 0.15) is 31.7 Å². The summed E-state index contributed by atoms with van der Waals surface area (Å²) in [6.45, 7) is 3.60. The van der Waals surface area contributed by atoms with E-state index in [1.165, 1.54) is 0 Å². The van der Waals surface area contributed by atoms with Crippen molar-refractivity contribution in [2.75, 3.05) is 0 Å². The van der Waals surface area contributed by atoms with Crippen LogP contribution in [0, 0.1) is 6.92 Å². The average Bonchev–Trinajstić information content (AvgIpc) is 2.26. The lowest BCUT2D eigenvalue weighted by Gasteiger charge is -2.14. The van der Waals surface area contributed by atoms with Crippen LogP contribution >= 0.6 is 15.9 Å². The fourth-order valence-electron chi connectivity index (χ4n) is 1.77. The van der Waals surface area contributed by atoms with Gasteiger partial charge in [-0.2, -0.15) is 0 Å². The summed E-state index contributed by atoms with van der Waals surface area (Å²) in [4.78, 5) is 10.6. The first-order valence-electron chi connectivity index (χ1n) is 6.22. The van der Waals surface area contributed by atoms with Crippen molar-refractivity contribution in [2.45, 2.75) is 44.0 Å². The SMILES string of the molecule is Cc1ccc(S(=O)(=O)NC(C)CCCC(=O)O)c(Br)c1. The fourth-order valence-corrected chi connectivity index (χ4v) is 4.24. The molecule has 0 bridgehead atoms. The highest BCUT2D eigenvalue weighted by molar-refractivity contribution is 9.10. The van der Waals surface area contributed by atoms with Crippen molar-refractivity contribution in [1.82, 2.24) is 4.72 Å². The van der Waals surface area contributed by atoms with Gasteiger partial charge in [-0.25, -0.2) is 13.1 Å². The molecule has 0 aliphatic rings. The second-order valence-corrected chi connectivity index (χ2v) is 7.28. The number of nitrogens with one attached hydrogen (secondary N) is 1. The number of carbonyl (C=O) groups is 1. The Labute approximate surface area is 127 Å². The van der Waals surface area contributed by atoms with E-state index in [-0.39, 0.29) is 17.4 Å². The zero-order valence-corrected chi connectivity index (χ0v) is 13.8. The molecule has 1 aromatic rings. The molecule has 7 heteroatoms. The van der Waals surface area contributed by atoms with Gasteiger partial charge < -0.3 is 5.11 Å². The number of carboxylic acid groups (broad SMARTS) is 1. The van der Waals surface area contributed by atoms with Crippen molar-refractivity contribution in [2.24, 2.45) is 0 Å². The number of carboxylic acids is 1. The molecular weight excluding hydrogens is 346 g/mol. The predicted octanol–water partition coefficient (Wildman–Crippen LogP) is 2.68. The van der Waals surface area contributed by atoms with Crippen molar-refractivity contribution in [1.29, 1.82) is 0 Å². The van der Waals surface area contributed by atoms with Gasteiger partial charge >= 0.3 is 5.97 Å². The summed E-state index contributed by atoms with van der Waals surface area (Å²) >= 11 is 3.25. The number of hydrogen-bond donors (Lipinski definition) is 2. The zero-order chi connectivity index (χ0) is 15.3. The Hall–Kier alpha value is -0.920. The minimum atomic E-state index is -3.60. The molecule has 2 N–H and O–H groups in total. The lowest BCUT2D eigenvalue weighted by Crippen LogP contribution is -2.32. The maximum absolute atomic E-state index is 12.2. The van der Waals surface area contributed by atoms with Crippen LogP contribution in [-0.2, 0) is 14.8 Å². The summed E-state index contributed by atoms with van der Waals surface area (Å²) in [5.74, 6) is -0.874. The normalized spacial score (nSPS) is 13.2. The number of aryl methyl sites for hydroxylation is 1. The summed E-state index contributed by atoms with van der Waals surface area (Å²) in [6.07, 6.45) is 0.962. The molecule has 0 aliphatic carbocycles. The second-order valence-electron chi connectivity index (χ2n) is 4.74. The van der Waals surface area contributed by atoms with Crippen molar-refractivity contribution in [3.8, 4) is 0 Å². The van der Waals surface area contributed by atoms with Crippen molar-refractivity contribution >= 4 is 31.9 Å². The minimum Gasteiger partial charge on any atom is -0.481 e. The molecule has 0 amide bonds. The smallest absolute Gasteiger partial charge is 0.303 e. The van der Waals surface area contributed by atoms with Gasteiger partial charge in [0.2, 0.25) is 10.0 Å². The van der Waals surface area contributed by atoms with Gasteiger partial charge in [0, 0.05) is 16.9 Å². The molecule has 0 aromatic heterocycles. The van der Waals surface area contributed by atoms with Crippen LogP contribution in [0.2, 0.25) is 0 Å². The van der Waals surface area contributed by atoms with Crippen LogP contribution < -0.4 is 4.72 Å². The Morgan fingerprint density at radius 2 is 2.10 bits per heavy atom. The zero-order valence-electron chi connectivity index (χ0n) is 11.4. The van der Waals surface area contributed by atoms with E-state index in [4.69, 9.17) is 5.11 Å². The molecular formula is C13H18BrNO4S. The summed E-state index contributed by atoms with van der Waals surface area (Å²) in [5.41, 5.74) is 0.963. The Morgan fingerprint density at radius 3 is 2.65 bits per heavy atom. The fraction of sp³-hybridized carbons (Fsp3) is 0.462. The third kappa shape index (κ3) is 5.22. The molecule has 0 aliphatic heterocycles. The predicted molar refractivity (Wildman–Crippen MR) is 80.1 cm³/mol. The largest absolute Gasteiger partial charge is 0.481 e. The Morgan fingerprint density at radius 1 is 1.45 bits per heavy atom. The first-order chi connectivity index (χ1) is 9.22. The first-order valence-corrected chi connectivity index (χ1v) is 8.50. The van der Waals surface area contributed by atoms with E-state index in [0.717, 1.165) is 5.56 Å². The van der Waals surface area contributed by atoms with Crippen LogP contribution in [-0.4, -0.2) is 25.5 Å². The second kappa shape index (κ2) is 7.19. The van der Waals surface area contributed by atoms with E-state index in [1.54, 1.807) is 25.1 Å². The number of halogens is 1. The Balaban J connectivity index is 2.72. The lowest BCUT2D eigenvalue weighted by atomic mass is 10.1. The molecule has 1 rings (SSSR count). The molecule has 1 unspecified atom stereocenters. The highest BCUT2D eigenvalue weighted by Gasteiger charge is 2.20. The Kier molecular flexibility index (Phi) is 6.16. The van der Waals surface area contributed by atoms with E-state index >= 15 is 0 Å². The number of benzene rings is 1. The maximum atomic E-state index is 12.2. The van der Waals surface area contributed by atoms with Crippen LogP contribution in [0.3, 0.4) is 0 Å². The van der Waals surface area contributed by atoms with Gasteiger partial charge in [0.1, 0.15) is 0 Å². The van der Waals surface area contributed by atoms with Gasteiger partial charge in [-0.05, 0) is 60.3 Å². The molecule has 112 valence electrons. The van der Waals surface area contributed by atoms with Crippen LogP contribution in [0.15, 0.2) is 27.6 Å². The minimum absolute atomic E-state index is 0.0420. The van der Waals surface area contributed by atoms with Gasteiger partial charge in [0.15, 0.2) is 0 Å². The summed E-state index contributed by atoms with van der Waals surface area (Å²) in [5, 5.41) is 8.55. The van der Waals surface area contributed by atoms with Crippen molar-refractivity contribution in [3.05, 3.63) is 28.2 Å². The number of sulfonamides is 1. The molecule has 20 heavy (non-hydrogen) atoms. The van der Waals surface area contributed by atoms with E-state index in [2.05, 4.69) is 20.7 Å². The summed E-state index contributed by atoms with van der Waals surface area (Å²) < 4.78 is 27.5. The monoisotopic (exact) mass is 363 g/mol. The third-order valence-electron chi connectivity index (χ3n) is 2.76. The molecule has 0 spiro atoms. The van der Waals surface area contributed by atoms with E-state index in [1.807, 2.05) is 6.92 Å². The topological polar surface area (TPSA) is 83.5 Å². The van der Waals surface area contributed by atoms with Gasteiger partial charge in [0.25, 0.3) is 0 Å². The quantitative estimate of drug-likeness (QED) is 0.779. The molecule has 0 saturated heterocycles. The van der Waals surface area contributed by atoms with Crippen molar-refractivity contribution < 1.29 is 18.3 Å². The molecule has 5 nitrogen and oxygen atoms in total. The number of aliphatic carboxylic acids is 1.